The molecule has 114 valence electrons. The SMILES string of the molecule is Cc1ccc(-n2ncc3c(NC[C@@H](C)O)ncnc32)cc1Cl. The fourth-order valence-electron chi connectivity index (χ4n) is 2.13. The van der Waals surface area contributed by atoms with Crippen molar-refractivity contribution in [3.8, 4) is 5.69 Å². The second kappa shape index (κ2) is 5.90. The zero-order valence-corrected chi connectivity index (χ0v) is 13.0. The first-order chi connectivity index (χ1) is 10.6. The molecule has 2 aromatic heterocycles. The molecule has 0 unspecified atom stereocenters. The molecule has 2 heterocycles. The summed E-state index contributed by atoms with van der Waals surface area (Å²) in [5, 5.41) is 18.3. The Morgan fingerprint density at radius 2 is 2.18 bits per heavy atom. The van der Waals surface area contributed by atoms with Crippen LogP contribution in [0.2, 0.25) is 5.02 Å². The molecule has 0 aliphatic heterocycles. The number of anilines is 1. The minimum absolute atomic E-state index is 0.410. The lowest BCUT2D eigenvalue weighted by molar-refractivity contribution is 0.208. The van der Waals surface area contributed by atoms with E-state index in [1.165, 1.54) is 6.33 Å². The van der Waals surface area contributed by atoms with Crippen LogP contribution >= 0.6 is 11.6 Å². The van der Waals surface area contributed by atoms with Gasteiger partial charge in [0.25, 0.3) is 0 Å². The third kappa shape index (κ3) is 2.75. The van der Waals surface area contributed by atoms with Gasteiger partial charge in [0.1, 0.15) is 12.1 Å². The molecule has 0 aliphatic rings. The lowest BCUT2D eigenvalue weighted by Gasteiger charge is -2.08. The van der Waals surface area contributed by atoms with E-state index in [1.807, 2.05) is 25.1 Å². The van der Waals surface area contributed by atoms with E-state index in [0.29, 0.717) is 23.0 Å². The topological polar surface area (TPSA) is 75.9 Å². The fourth-order valence-corrected chi connectivity index (χ4v) is 2.31. The van der Waals surface area contributed by atoms with Crippen LogP contribution in [0.1, 0.15) is 12.5 Å². The zero-order chi connectivity index (χ0) is 15.7. The van der Waals surface area contributed by atoms with Gasteiger partial charge in [0, 0.05) is 11.6 Å². The molecule has 3 rings (SSSR count). The molecule has 7 heteroatoms. The fraction of sp³-hybridized carbons (Fsp3) is 0.267. The Morgan fingerprint density at radius 1 is 1.36 bits per heavy atom. The lowest BCUT2D eigenvalue weighted by atomic mass is 10.2. The van der Waals surface area contributed by atoms with E-state index in [2.05, 4.69) is 20.4 Å². The average Bonchev–Trinajstić information content (AvgIpc) is 2.92. The molecule has 22 heavy (non-hydrogen) atoms. The molecule has 1 aromatic carbocycles. The normalized spacial score (nSPS) is 12.5. The van der Waals surface area contributed by atoms with Crippen LogP contribution in [0.5, 0.6) is 0 Å². The highest BCUT2D eigenvalue weighted by molar-refractivity contribution is 6.31. The molecule has 6 nitrogen and oxygen atoms in total. The first-order valence-electron chi connectivity index (χ1n) is 6.93. The van der Waals surface area contributed by atoms with Crippen molar-refractivity contribution >= 4 is 28.5 Å². The summed E-state index contributed by atoms with van der Waals surface area (Å²) in [7, 11) is 0. The predicted octanol–water partition coefficient (Wildman–Crippen LogP) is 2.57. The van der Waals surface area contributed by atoms with Gasteiger partial charge in [-0.2, -0.15) is 5.10 Å². The third-order valence-corrected chi connectivity index (χ3v) is 3.74. The molecule has 3 aromatic rings. The van der Waals surface area contributed by atoms with Gasteiger partial charge in [-0.05, 0) is 31.5 Å². The van der Waals surface area contributed by atoms with E-state index in [0.717, 1.165) is 16.6 Å². The molecular formula is C15H16ClN5O. The van der Waals surface area contributed by atoms with Crippen LogP contribution in [0.25, 0.3) is 16.7 Å². The van der Waals surface area contributed by atoms with Gasteiger partial charge in [-0.3, -0.25) is 0 Å². The molecule has 0 aliphatic carbocycles. The summed E-state index contributed by atoms with van der Waals surface area (Å²) in [5.74, 6) is 0.648. The molecular weight excluding hydrogens is 302 g/mol. The minimum atomic E-state index is -0.462. The van der Waals surface area contributed by atoms with E-state index in [9.17, 15) is 5.11 Å². The number of halogens is 1. The van der Waals surface area contributed by atoms with Crippen LogP contribution in [0, 0.1) is 6.92 Å². The van der Waals surface area contributed by atoms with E-state index in [-0.39, 0.29) is 0 Å². The van der Waals surface area contributed by atoms with Crippen LogP contribution < -0.4 is 5.32 Å². The van der Waals surface area contributed by atoms with Crippen molar-refractivity contribution in [1.29, 1.82) is 0 Å². The van der Waals surface area contributed by atoms with Crippen molar-refractivity contribution in [2.24, 2.45) is 0 Å². The Hall–Kier alpha value is -2.18. The summed E-state index contributed by atoms with van der Waals surface area (Å²) < 4.78 is 1.72. The van der Waals surface area contributed by atoms with Crippen LogP contribution in [-0.4, -0.2) is 37.5 Å². The van der Waals surface area contributed by atoms with Gasteiger partial charge in [0.05, 0.1) is 23.4 Å². The van der Waals surface area contributed by atoms with Gasteiger partial charge in [0.2, 0.25) is 0 Å². The number of aryl methyl sites for hydroxylation is 1. The number of nitrogens with zero attached hydrogens (tertiary/aromatic N) is 4. The van der Waals surface area contributed by atoms with Gasteiger partial charge in [-0.15, -0.1) is 0 Å². The summed E-state index contributed by atoms with van der Waals surface area (Å²) in [6.45, 7) is 4.07. The minimum Gasteiger partial charge on any atom is -0.392 e. The summed E-state index contributed by atoms with van der Waals surface area (Å²) in [6.07, 6.45) is 2.71. The number of aliphatic hydroxyl groups is 1. The lowest BCUT2D eigenvalue weighted by Crippen LogP contribution is -2.16. The first kappa shape index (κ1) is 14.7. The highest BCUT2D eigenvalue weighted by Crippen LogP contribution is 2.24. The maximum Gasteiger partial charge on any atom is 0.168 e. The van der Waals surface area contributed by atoms with Crippen molar-refractivity contribution in [2.45, 2.75) is 20.0 Å². The number of fused-ring (bicyclic) bond motifs is 1. The summed E-state index contributed by atoms with van der Waals surface area (Å²) in [4.78, 5) is 8.51. The summed E-state index contributed by atoms with van der Waals surface area (Å²) >= 11 is 6.18. The van der Waals surface area contributed by atoms with Gasteiger partial charge in [-0.1, -0.05) is 17.7 Å². The van der Waals surface area contributed by atoms with E-state index in [4.69, 9.17) is 11.6 Å². The van der Waals surface area contributed by atoms with Gasteiger partial charge < -0.3 is 10.4 Å². The smallest absolute Gasteiger partial charge is 0.168 e. The highest BCUT2D eigenvalue weighted by Gasteiger charge is 2.12. The number of aromatic nitrogens is 4. The number of hydrogen-bond acceptors (Lipinski definition) is 5. The zero-order valence-electron chi connectivity index (χ0n) is 12.3. The standard InChI is InChI=1S/C15H16ClN5O/c1-9-3-4-11(5-13(9)16)21-15-12(7-20-21)14(18-8-19-15)17-6-10(2)22/h3-5,7-8,10,22H,6H2,1-2H3,(H,17,18,19)/t10-/m1/s1. The Bertz CT molecular complexity index is 815. The largest absolute Gasteiger partial charge is 0.392 e. The maximum absolute atomic E-state index is 9.38. The van der Waals surface area contributed by atoms with Crippen LogP contribution in [0.3, 0.4) is 0 Å². The number of hydrogen-bond donors (Lipinski definition) is 2. The van der Waals surface area contributed by atoms with Crippen molar-refractivity contribution in [1.82, 2.24) is 19.7 Å². The van der Waals surface area contributed by atoms with E-state index < -0.39 is 6.10 Å². The van der Waals surface area contributed by atoms with Crippen molar-refractivity contribution in [2.75, 3.05) is 11.9 Å². The number of nitrogens with one attached hydrogen (secondary N) is 1. The predicted molar refractivity (Wildman–Crippen MR) is 86.6 cm³/mol. The Kier molecular flexibility index (Phi) is 3.96. The molecule has 0 bridgehead atoms. The Morgan fingerprint density at radius 3 is 2.91 bits per heavy atom. The molecule has 0 fully saturated rings. The van der Waals surface area contributed by atoms with E-state index in [1.54, 1.807) is 17.8 Å². The second-order valence-electron chi connectivity index (χ2n) is 5.18. The Balaban J connectivity index is 2.05. The third-order valence-electron chi connectivity index (χ3n) is 3.33. The second-order valence-corrected chi connectivity index (χ2v) is 5.59. The van der Waals surface area contributed by atoms with Gasteiger partial charge in [-0.25, -0.2) is 14.6 Å². The summed E-state index contributed by atoms with van der Waals surface area (Å²) in [6, 6.07) is 5.74. The Labute approximate surface area is 132 Å². The maximum atomic E-state index is 9.38. The van der Waals surface area contributed by atoms with Crippen LogP contribution in [-0.2, 0) is 0 Å². The number of benzene rings is 1. The monoisotopic (exact) mass is 317 g/mol. The molecule has 0 saturated heterocycles. The number of aliphatic hydroxyl groups excluding tert-OH is 1. The van der Waals surface area contributed by atoms with Crippen molar-refractivity contribution in [3.63, 3.8) is 0 Å². The molecule has 1 atom stereocenters. The van der Waals surface area contributed by atoms with Crippen molar-refractivity contribution in [3.05, 3.63) is 41.3 Å². The molecule has 2 N–H and O–H groups in total. The van der Waals surface area contributed by atoms with Crippen LogP contribution in [0.15, 0.2) is 30.7 Å². The quantitative estimate of drug-likeness (QED) is 0.773. The highest BCUT2D eigenvalue weighted by atomic mass is 35.5. The van der Waals surface area contributed by atoms with Crippen LogP contribution in [0.4, 0.5) is 5.82 Å². The molecule has 0 radical (unpaired) electrons. The molecule has 0 amide bonds. The van der Waals surface area contributed by atoms with Gasteiger partial charge >= 0.3 is 0 Å². The summed E-state index contributed by atoms with van der Waals surface area (Å²) in [5.41, 5.74) is 2.53. The number of rotatable bonds is 4. The molecule has 0 saturated carbocycles. The molecule has 0 spiro atoms. The van der Waals surface area contributed by atoms with Gasteiger partial charge in [0.15, 0.2) is 5.65 Å². The average molecular weight is 318 g/mol. The first-order valence-corrected chi connectivity index (χ1v) is 7.31. The van der Waals surface area contributed by atoms with Crippen molar-refractivity contribution < 1.29 is 5.11 Å². The van der Waals surface area contributed by atoms with E-state index >= 15 is 0 Å².